The molecule has 7 nitrogen and oxygen atoms in total. The Balaban J connectivity index is 1.66. The summed E-state index contributed by atoms with van der Waals surface area (Å²) < 4.78 is 1.54. The van der Waals surface area contributed by atoms with Crippen molar-refractivity contribution in [1.82, 2.24) is 30.0 Å². The molecule has 1 saturated heterocycles. The number of para-hydroxylation sites is 1. The molecule has 7 heteroatoms. The van der Waals surface area contributed by atoms with Gasteiger partial charge in [-0.25, -0.2) is 0 Å². The molecule has 0 spiro atoms. The van der Waals surface area contributed by atoms with E-state index in [9.17, 15) is 4.79 Å². The van der Waals surface area contributed by atoms with Gasteiger partial charge in [-0.1, -0.05) is 26.0 Å². The molecule has 0 atom stereocenters. The number of hydrogen-bond acceptors (Lipinski definition) is 5. The Bertz CT molecular complexity index is 675. The lowest BCUT2D eigenvalue weighted by Gasteiger charge is -2.34. The van der Waals surface area contributed by atoms with E-state index < -0.39 is 0 Å². The Labute approximate surface area is 148 Å². The summed E-state index contributed by atoms with van der Waals surface area (Å²) in [6.07, 6.45) is 3.65. The maximum Gasteiger partial charge on any atom is 0.256 e. The van der Waals surface area contributed by atoms with Gasteiger partial charge in [0.2, 0.25) is 0 Å². The fourth-order valence-corrected chi connectivity index (χ4v) is 3.46. The van der Waals surface area contributed by atoms with E-state index in [0.717, 1.165) is 51.3 Å². The van der Waals surface area contributed by atoms with Crippen LogP contribution in [0.1, 0.15) is 37.0 Å². The second kappa shape index (κ2) is 8.20. The van der Waals surface area contributed by atoms with Crippen LogP contribution in [-0.2, 0) is 0 Å². The molecule has 0 saturated carbocycles. The van der Waals surface area contributed by atoms with Crippen LogP contribution in [0.15, 0.2) is 30.6 Å². The number of benzene rings is 1. The van der Waals surface area contributed by atoms with Crippen molar-refractivity contribution in [2.24, 2.45) is 5.92 Å². The quantitative estimate of drug-likeness (QED) is 0.801. The van der Waals surface area contributed by atoms with E-state index in [1.54, 1.807) is 4.68 Å². The fourth-order valence-electron chi connectivity index (χ4n) is 3.46. The second-order valence-electron chi connectivity index (χ2n) is 6.49. The number of hydrogen-bond donors (Lipinski definition) is 0. The van der Waals surface area contributed by atoms with E-state index in [4.69, 9.17) is 0 Å². The zero-order chi connectivity index (χ0) is 17.6. The summed E-state index contributed by atoms with van der Waals surface area (Å²) in [7, 11) is 0. The summed E-state index contributed by atoms with van der Waals surface area (Å²) in [5.74, 6) is 0.742. The molecule has 1 amide bonds. The van der Waals surface area contributed by atoms with Gasteiger partial charge >= 0.3 is 0 Å². The first kappa shape index (κ1) is 17.5. The van der Waals surface area contributed by atoms with Crippen molar-refractivity contribution in [1.29, 1.82) is 0 Å². The fraction of sp³-hybridized carbons (Fsp3) is 0.556. The summed E-state index contributed by atoms with van der Waals surface area (Å²) in [5.41, 5.74) is 1.37. The number of carbonyl (C=O) groups is 1. The molecule has 2 aromatic rings. The highest BCUT2D eigenvalue weighted by Crippen LogP contribution is 2.22. The number of nitrogens with zero attached hydrogens (tertiary/aromatic N) is 6. The molecule has 1 aliphatic heterocycles. The Morgan fingerprint density at radius 1 is 1.20 bits per heavy atom. The molecule has 3 rings (SSSR count). The third-order valence-corrected chi connectivity index (χ3v) is 5.04. The summed E-state index contributed by atoms with van der Waals surface area (Å²) in [6, 6.07) is 7.50. The minimum Gasteiger partial charge on any atom is -0.339 e. The number of rotatable bonds is 6. The predicted octanol–water partition coefficient (Wildman–Crippen LogP) is 1.86. The summed E-state index contributed by atoms with van der Waals surface area (Å²) in [5, 5.41) is 11.3. The van der Waals surface area contributed by atoms with Crippen molar-refractivity contribution < 1.29 is 4.79 Å². The Morgan fingerprint density at radius 3 is 2.56 bits per heavy atom. The minimum absolute atomic E-state index is 0.0624. The van der Waals surface area contributed by atoms with Crippen LogP contribution in [-0.4, -0.2) is 68.6 Å². The molecule has 25 heavy (non-hydrogen) atoms. The second-order valence-corrected chi connectivity index (χ2v) is 6.49. The largest absolute Gasteiger partial charge is 0.339 e. The van der Waals surface area contributed by atoms with Crippen LogP contribution < -0.4 is 0 Å². The van der Waals surface area contributed by atoms with Gasteiger partial charge in [0.05, 0.1) is 11.3 Å². The zero-order valence-corrected chi connectivity index (χ0v) is 15.0. The average Bonchev–Trinajstić information content (AvgIpc) is 3.20. The van der Waals surface area contributed by atoms with E-state index in [2.05, 4.69) is 34.3 Å². The van der Waals surface area contributed by atoms with Gasteiger partial charge in [0, 0.05) is 19.6 Å². The molecular formula is C18H26N6O. The molecular weight excluding hydrogens is 316 g/mol. The van der Waals surface area contributed by atoms with Crippen LogP contribution in [0, 0.1) is 5.92 Å². The molecule has 0 N–H and O–H groups in total. The van der Waals surface area contributed by atoms with Crippen LogP contribution in [0.3, 0.4) is 0 Å². The highest BCUT2D eigenvalue weighted by molar-refractivity contribution is 5.97. The highest BCUT2D eigenvalue weighted by Gasteiger charge is 2.26. The lowest BCUT2D eigenvalue weighted by molar-refractivity contribution is 0.0669. The van der Waals surface area contributed by atoms with Gasteiger partial charge in [-0.2, -0.15) is 4.68 Å². The average molecular weight is 342 g/mol. The number of piperidine rings is 1. The number of aromatic nitrogens is 4. The molecule has 0 unspecified atom stereocenters. The van der Waals surface area contributed by atoms with E-state index in [-0.39, 0.29) is 5.91 Å². The van der Waals surface area contributed by atoms with Crippen molar-refractivity contribution in [2.45, 2.75) is 26.7 Å². The van der Waals surface area contributed by atoms with E-state index in [1.165, 1.54) is 6.33 Å². The number of likely N-dealkylation sites (tertiary alicyclic amines) is 1. The zero-order valence-electron chi connectivity index (χ0n) is 15.0. The maximum atomic E-state index is 13.0. The maximum absolute atomic E-state index is 13.0. The molecule has 0 bridgehead atoms. The highest BCUT2D eigenvalue weighted by atomic mass is 16.2. The standard InChI is InChI=1S/C18H26N6O/c1-3-22(4-2)13-15-9-11-23(12-10-15)18(25)16-7-5-6-8-17(16)24-14-19-20-21-24/h5-8,14-15H,3-4,9-13H2,1-2H3. The van der Waals surface area contributed by atoms with Gasteiger partial charge in [-0.05, 0) is 54.4 Å². The van der Waals surface area contributed by atoms with E-state index in [1.807, 2.05) is 29.2 Å². The van der Waals surface area contributed by atoms with Crippen LogP contribution in [0.2, 0.25) is 0 Å². The Kier molecular flexibility index (Phi) is 5.75. The smallest absolute Gasteiger partial charge is 0.256 e. The topological polar surface area (TPSA) is 67.2 Å². The molecule has 0 radical (unpaired) electrons. The number of amides is 1. The van der Waals surface area contributed by atoms with Crippen LogP contribution >= 0.6 is 0 Å². The van der Waals surface area contributed by atoms with Gasteiger partial charge in [0.25, 0.3) is 5.91 Å². The van der Waals surface area contributed by atoms with Crippen molar-refractivity contribution in [3.05, 3.63) is 36.2 Å². The first-order valence-electron chi connectivity index (χ1n) is 9.07. The van der Waals surface area contributed by atoms with Gasteiger partial charge in [0.15, 0.2) is 0 Å². The first-order chi connectivity index (χ1) is 12.2. The first-order valence-corrected chi connectivity index (χ1v) is 9.07. The molecule has 2 heterocycles. The molecule has 0 aliphatic carbocycles. The summed E-state index contributed by atoms with van der Waals surface area (Å²) in [6.45, 7) is 9.36. The number of carbonyl (C=O) groups excluding carboxylic acids is 1. The molecule has 1 aliphatic rings. The third-order valence-electron chi connectivity index (χ3n) is 5.04. The summed E-state index contributed by atoms with van der Waals surface area (Å²) >= 11 is 0. The van der Waals surface area contributed by atoms with Crippen molar-refractivity contribution in [2.75, 3.05) is 32.7 Å². The van der Waals surface area contributed by atoms with Crippen LogP contribution in [0.4, 0.5) is 0 Å². The molecule has 134 valence electrons. The molecule has 1 aromatic heterocycles. The minimum atomic E-state index is 0.0624. The van der Waals surface area contributed by atoms with Gasteiger partial charge < -0.3 is 9.80 Å². The van der Waals surface area contributed by atoms with Crippen LogP contribution in [0.25, 0.3) is 5.69 Å². The molecule has 1 aromatic carbocycles. The van der Waals surface area contributed by atoms with Gasteiger partial charge in [0.1, 0.15) is 6.33 Å². The SMILES string of the molecule is CCN(CC)CC1CCN(C(=O)c2ccccc2-n2cnnn2)CC1. The Hall–Kier alpha value is -2.28. The number of tetrazole rings is 1. The van der Waals surface area contributed by atoms with Gasteiger partial charge in [-0.15, -0.1) is 5.10 Å². The van der Waals surface area contributed by atoms with Crippen molar-refractivity contribution in [3.8, 4) is 5.69 Å². The Morgan fingerprint density at radius 2 is 1.92 bits per heavy atom. The van der Waals surface area contributed by atoms with Gasteiger partial charge in [-0.3, -0.25) is 4.79 Å². The predicted molar refractivity (Wildman–Crippen MR) is 95.6 cm³/mol. The lowest BCUT2D eigenvalue weighted by atomic mass is 9.95. The third kappa shape index (κ3) is 4.04. The monoisotopic (exact) mass is 342 g/mol. The summed E-state index contributed by atoms with van der Waals surface area (Å²) in [4.78, 5) is 17.4. The van der Waals surface area contributed by atoms with E-state index in [0.29, 0.717) is 11.5 Å². The van der Waals surface area contributed by atoms with Crippen LogP contribution in [0.5, 0.6) is 0 Å². The molecule has 1 fully saturated rings. The lowest BCUT2D eigenvalue weighted by Crippen LogP contribution is -2.41. The van der Waals surface area contributed by atoms with Crippen molar-refractivity contribution >= 4 is 5.91 Å². The van der Waals surface area contributed by atoms with E-state index >= 15 is 0 Å². The van der Waals surface area contributed by atoms with Crippen molar-refractivity contribution in [3.63, 3.8) is 0 Å². The normalized spacial score (nSPS) is 15.7.